The molecule has 2 N–H and O–H groups in total. The van der Waals surface area contributed by atoms with E-state index < -0.39 is 4.92 Å². The molecule has 0 heterocycles. The second-order valence-corrected chi connectivity index (χ2v) is 2.72. The molecule has 0 bridgehead atoms. The van der Waals surface area contributed by atoms with E-state index in [1.807, 2.05) is 0 Å². The third-order valence-corrected chi connectivity index (χ3v) is 1.71. The number of nitrogens with zero attached hydrogens (tertiary/aromatic N) is 2. The molecule has 80 valence electrons. The fourth-order valence-electron chi connectivity index (χ4n) is 1.01. The Morgan fingerprint density at radius 1 is 1.47 bits per heavy atom. The number of nitro groups is 1. The van der Waals surface area contributed by atoms with Gasteiger partial charge in [0.05, 0.1) is 4.92 Å². The van der Waals surface area contributed by atoms with Crippen molar-refractivity contribution in [2.75, 3.05) is 6.73 Å². The van der Waals surface area contributed by atoms with Gasteiger partial charge in [0.15, 0.2) is 6.73 Å². The molecule has 0 saturated carbocycles. The van der Waals surface area contributed by atoms with Gasteiger partial charge in [-0.25, -0.2) is 0 Å². The van der Waals surface area contributed by atoms with Gasteiger partial charge in [-0.3, -0.25) is 15.4 Å². The molecular formula is C8H10N4O3. The molecular weight excluding hydrogens is 200 g/mol. The Hall–Kier alpha value is -2.02. The van der Waals surface area contributed by atoms with Crippen molar-refractivity contribution in [3.63, 3.8) is 0 Å². The van der Waals surface area contributed by atoms with Crippen molar-refractivity contribution in [1.29, 1.82) is 5.53 Å². The lowest BCUT2D eigenvalue weighted by Crippen LogP contribution is -2.15. The zero-order valence-corrected chi connectivity index (χ0v) is 7.84. The largest absolute Gasteiger partial charge is 0.364 e. The van der Waals surface area contributed by atoms with Crippen LogP contribution in [0.2, 0.25) is 0 Å². The summed E-state index contributed by atoms with van der Waals surface area (Å²) in [7, 11) is 0. The van der Waals surface area contributed by atoms with Crippen LogP contribution in [0.25, 0.3) is 0 Å². The van der Waals surface area contributed by atoms with Crippen LogP contribution in [0.5, 0.6) is 0 Å². The maximum absolute atomic E-state index is 10.3. The lowest BCUT2D eigenvalue weighted by molar-refractivity contribution is -0.384. The molecule has 0 unspecified atom stereocenters. The summed E-state index contributed by atoms with van der Waals surface area (Å²) in [6.45, 7) is 0.647. The van der Waals surface area contributed by atoms with E-state index in [4.69, 9.17) is 5.53 Å². The minimum Gasteiger partial charge on any atom is -0.364 e. The summed E-state index contributed by atoms with van der Waals surface area (Å²) >= 11 is 0. The van der Waals surface area contributed by atoms with Crippen LogP contribution in [0.15, 0.2) is 29.5 Å². The number of nitrogens with one attached hydrogen (secondary N) is 2. The number of hydrogen-bond acceptors (Lipinski definition) is 6. The van der Waals surface area contributed by atoms with Crippen molar-refractivity contribution in [2.45, 2.75) is 6.54 Å². The van der Waals surface area contributed by atoms with Crippen LogP contribution < -0.4 is 5.32 Å². The molecule has 1 aromatic rings. The molecule has 0 spiro atoms. The Morgan fingerprint density at radius 2 is 2.13 bits per heavy atom. The molecule has 1 rings (SSSR count). The molecule has 0 aromatic heterocycles. The maximum Gasteiger partial charge on any atom is 0.269 e. The van der Waals surface area contributed by atoms with Crippen LogP contribution in [0, 0.1) is 15.6 Å². The van der Waals surface area contributed by atoms with Crippen LogP contribution in [0.3, 0.4) is 0 Å². The lowest BCUT2D eigenvalue weighted by atomic mass is 10.2. The highest BCUT2D eigenvalue weighted by Gasteiger charge is 2.03. The molecule has 0 atom stereocenters. The van der Waals surface area contributed by atoms with Gasteiger partial charge in [-0.2, -0.15) is 5.53 Å². The predicted octanol–water partition coefficient (Wildman–Crippen LogP) is 1.60. The average Bonchev–Trinajstić information content (AvgIpc) is 2.25. The van der Waals surface area contributed by atoms with Crippen molar-refractivity contribution in [3.8, 4) is 0 Å². The van der Waals surface area contributed by atoms with E-state index in [9.17, 15) is 10.1 Å². The van der Waals surface area contributed by atoms with E-state index in [1.54, 1.807) is 12.1 Å². The van der Waals surface area contributed by atoms with Gasteiger partial charge in [-0.05, 0) is 5.56 Å². The molecule has 0 saturated heterocycles. The monoisotopic (exact) mass is 210 g/mol. The molecule has 7 heteroatoms. The third-order valence-electron chi connectivity index (χ3n) is 1.71. The summed E-state index contributed by atoms with van der Waals surface area (Å²) in [4.78, 5) is 14.3. The minimum atomic E-state index is -0.445. The molecule has 0 radical (unpaired) electrons. The van der Waals surface area contributed by atoms with E-state index in [1.165, 1.54) is 12.1 Å². The van der Waals surface area contributed by atoms with E-state index in [0.29, 0.717) is 6.54 Å². The Labute approximate surface area is 85.7 Å². The summed E-state index contributed by atoms with van der Waals surface area (Å²) in [5, 5.41) is 15.9. The summed E-state index contributed by atoms with van der Waals surface area (Å²) in [5.74, 6) is 0. The van der Waals surface area contributed by atoms with Crippen LogP contribution in [0.4, 0.5) is 5.69 Å². The first-order chi connectivity index (χ1) is 7.24. The summed E-state index contributed by atoms with van der Waals surface area (Å²) in [6, 6.07) is 6.19. The first-order valence-corrected chi connectivity index (χ1v) is 4.17. The molecule has 7 nitrogen and oxygen atoms in total. The highest BCUT2D eigenvalue weighted by molar-refractivity contribution is 5.32. The van der Waals surface area contributed by atoms with Crippen molar-refractivity contribution >= 4 is 5.69 Å². The topological polar surface area (TPSA) is 101 Å². The zero-order chi connectivity index (χ0) is 11.1. The molecule has 0 aliphatic carbocycles. The van der Waals surface area contributed by atoms with E-state index in [-0.39, 0.29) is 12.4 Å². The Kier molecular flexibility index (Phi) is 4.17. The minimum absolute atomic E-state index is 0.0659. The van der Waals surface area contributed by atoms with Gasteiger partial charge in [0, 0.05) is 24.0 Å². The second-order valence-electron chi connectivity index (χ2n) is 2.72. The van der Waals surface area contributed by atoms with E-state index in [0.717, 1.165) is 5.56 Å². The average molecular weight is 210 g/mol. The van der Waals surface area contributed by atoms with Crippen LogP contribution in [0.1, 0.15) is 5.56 Å². The molecule has 0 aliphatic heterocycles. The number of non-ortho nitro benzene ring substituents is 1. The van der Waals surface area contributed by atoms with Gasteiger partial charge in [0.25, 0.3) is 5.69 Å². The Balaban J connectivity index is 2.42. The van der Waals surface area contributed by atoms with Gasteiger partial charge in [0.1, 0.15) is 0 Å². The first-order valence-electron chi connectivity index (χ1n) is 4.17. The first kappa shape index (κ1) is 11.1. The van der Waals surface area contributed by atoms with Crippen LogP contribution in [-0.2, 0) is 11.4 Å². The van der Waals surface area contributed by atoms with E-state index >= 15 is 0 Å². The summed E-state index contributed by atoms with van der Waals surface area (Å²) < 4.78 is 0. The number of nitro benzene ring substituents is 1. The highest BCUT2D eigenvalue weighted by Crippen LogP contribution is 2.11. The van der Waals surface area contributed by atoms with E-state index in [2.05, 4.69) is 15.4 Å². The number of hydrogen-bond donors (Lipinski definition) is 2. The Bertz CT molecular complexity index is 338. The quantitative estimate of drug-likeness (QED) is 0.245. The summed E-state index contributed by atoms with van der Waals surface area (Å²) in [6.07, 6.45) is 0. The molecule has 0 aliphatic rings. The van der Waals surface area contributed by atoms with Gasteiger partial charge in [-0.15, -0.1) is 0 Å². The standard InChI is InChI=1S/C8H10N4O3/c9-11-15-6-10-5-7-1-3-8(4-2-7)12(13)14/h1-4,9-10H,5-6H2. The zero-order valence-electron chi connectivity index (χ0n) is 7.84. The van der Waals surface area contributed by atoms with Crippen LogP contribution >= 0.6 is 0 Å². The van der Waals surface area contributed by atoms with Gasteiger partial charge < -0.3 is 4.84 Å². The fraction of sp³-hybridized carbons (Fsp3) is 0.250. The normalized spacial score (nSPS) is 9.60. The smallest absolute Gasteiger partial charge is 0.269 e. The van der Waals surface area contributed by atoms with Crippen molar-refractivity contribution < 1.29 is 9.76 Å². The molecule has 1 aromatic carbocycles. The number of rotatable bonds is 6. The molecule has 0 amide bonds. The third kappa shape index (κ3) is 3.69. The molecule has 15 heavy (non-hydrogen) atoms. The van der Waals surface area contributed by atoms with Gasteiger partial charge >= 0.3 is 0 Å². The number of benzene rings is 1. The maximum atomic E-state index is 10.3. The molecule has 0 fully saturated rings. The summed E-state index contributed by atoms with van der Waals surface area (Å²) in [5.41, 5.74) is 7.31. The predicted molar refractivity (Wildman–Crippen MR) is 51.0 cm³/mol. The van der Waals surface area contributed by atoms with Gasteiger partial charge in [-0.1, -0.05) is 12.1 Å². The highest BCUT2D eigenvalue weighted by atomic mass is 16.6. The van der Waals surface area contributed by atoms with Crippen molar-refractivity contribution in [3.05, 3.63) is 39.9 Å². The second kappa shape index (κ2) is 5.66. The Morgan fingerprint density at radius 3 is 2.67 bits per heavy atom. The lowest BCUT2D eigenvalue weighted by Gasteiger charge is -2.02. The van der Waals surface area contributed by atoms with Crippen molar-refractivity contribution in [1.82, 2.24) is 5.32 Å². The van der Waals surface area contributed by atoms with Crippen molar-refractivity contribution in [2.24, 2.45) is 5.28 Å². The van der Waals surface area contributed by atoms with Gasteiger partial charge in [0.2, 0.25) is 0 Å². The SMILES string of the molecule is N=NOCNCc1ccc([N+](=O)[O-])cc1. The van der Waals surface area contributed by atoms with Crippen LogP contribution in [-0.4, -0.2) is 11.7 Å². The fourth-order valence-corrected chi connectivity index (χ4v) is 1.01.